The van der Waals surface area contributed by atoms with Crippen molar-refractivity contribution in [3.63, 3.8) is 0 Å². The maximum Gasteiger partial charge on any atom is 0.274 e. The summed E-state index contributed by atoms with van der Waals surface area (Å²) < 4.78 is 5.38. The van der Waals surface area contributed by atoms with Crippen molar-refractivity contribution in [1.82, 2.24) is 10.3 Å². The highest BCUT2D eigenvalue weighted by molar-refractivity contribution is 6.30. The summed E-state index contributed by atoms with van der Waals surface area (Å²) in [7, 11) is 0. The first-order chi connectivity index (χ1) is 11.1. The van der Waals surface area contributed by atoms with Crippen LogP contribution in [0.4, 0.5) is 0 Å². The number of oxazole rings is 1. The van der Waals surface area contributed by atoms with Crippen molar-refractivity contribution in [2.45, 2.75) is 13.0 Å². The van der Waals surface area contributed by atoms with E-state index in [2.05, 4.69) is 10.3 Å². The Bertz CT molecular complexity index is 815. The van der Waals surface area contributed by atoms with E-state index in [9.17, 15) is 4.79 Å². The molecular weight excluding hydrogens is 312 g/mol. The number of rotatable bonds is 4. The number of carbonyl (C=O) groups excluding carboxylic acids is 1. The maximum atomic E-state index is 12.5. The molecule has 0 aliphatic rings. The number of amides is 1. The number of hydrogen-bond donors (Lipinski definition) is 1. The zero-order chi connectivity index (χ0) is 16.2. The van der Waals surface area contributed by atoms with Crippen molar-refractivity contribution < 1.29 is 9.21 Å². The summed E-state index contributed by atoms with van der Waals surface area (Å²) in [5.41, 5.74) is 1.98. The predicted molar refractivity (Wildman–Crippen MR) is 89.3 cm³/mol. The summed E-state index contributed by atoms with van der Waals surface area (Å²) in [5.74, 6) is 0.121. The van der Waals surface area contributed by atoms with E-state index in [-0.39, 0.29) is 17.6 Å². The third-order valence-electron chi connectivity index (χ3n) is 3.52. The summed E-state index contributed by atoms with van der Waals surface area (Å²) in [5, 5.41) is 3.50. The van der Waals surface area contributed by atoms with Crippen molar-refractivity contribution in [3.8, 4) is 11.3 Å². The lowest BCUT2D eigenvalue weighted by Crippen LogP contribution is -2.27. The molecule has 3 aromatic rings. The molecule has 23 heavy (non-hydrogen) atoms. The van der Waals surface area contributed by atoms with Gasteiger partial charge in [-0.3, -0.25) is 4.79 Å². The Balaban J connectivity index is 1.83. The third-order valence-corrected chi connectivity index (χ3v) is 3.75. The molecule has 2 aromatic carbocycles. The van der Waals surface area contributed by atoms with Crippen LogP contribution in [0, 0.1) is 0 Å². The molecule has 1 unspecified atom stereocenters. The fourth-order valence-corrected chi connectivity index (χ4v) is 2.52. The predicted octanol–water partition coefficient (Wildman–Crippen LogP) is 4.49. The summed E-state index contributed by atoms with van der Waals surface area (Å²) in [6, 6.07) is 16.7. The fraction of sp³-hybridized carbons (Fsp3) is 0.111. The van der Waals surface area contributed by atoms with Gasteiger partial charge >= 0.3 is 0 Å². The number of benzene rings is 2. The average molecular weight is 327 g/mol. The van der Waals surface area contributed by atoms with E-state index >= 15 is 0 Å². The number of hydrogen-bond acceptors (Lipinski definition) is 3. The lowest BCUT2D eigenvalue weighted by atomic mass is 10.1. The van der Waals surface area contributed by atoms with Gasteiger partial charge in [-0.25, -0.2) is 4.98 Å². The Hall–Kier alpha value is -2.59. The maximum absolute atomic E-state index is 12.5. The van der Waals surface area contributed by atoms with Crippen molar-refractivity contribution in [1.29, 1.82) is 0 Å². The molecule has 1 N–H and O–H groups in total. The highest BCUT2D eigenvalue weighted by atomic mass is 35.5. The molecule has 0 aliphatic heterocycles. The van der Waals surface area contributed by atoms with Crippen LogP contribution in [0.3, 0.4) is 0 Å². The van der Waals surface area contributed by atoms with E-state index in [1.54, 1.807) is 18.2 Å². The van der Waals surface area contributed by atoms with Gasteiger partial charge in [0, 0.05) is 10.6 Å². The average Bonchev–Trinajstić information content (AvgIpc) is 3.05. The van der Waals surface area contributed by atoms with Crippen LogP contribution in [-0.4, -0.2) is 10.9 Å². The van der Waals surface area contributed by atoms with Crippen LogP contribution < -0.4 is 5.32 Å². The van der Waals surface area contributed by atoms with E-state index in [1.165, 1.54) is 6.39 Å². The number of aromatic nitrogens is 1. The number of nitrogens with one attached hydrogen (secondary N) is 1. The van der Waals surface area contributed by atoms with Crippen LogP contribution in [-0.2, 0) is 0 Å². The Kier molecular flexibility index (Phi) is 4.44. The standard InChI is InChI=1S/C18H15ClN2O2/c1-12(13-6-3-2-4-7-13)21-18(22)16-17(23-11-20-16)14-8-5-9-15(19)10-14/h2-12H,1H3,(H,21,22). The van der Waals surface area contributed by atoms with Crippen LogP contribution in [0.5, 0.6) is 0 Å². The molecule has 3 rings (SSSR count). The number of nitrogens with zero attached hydrogens (tertiary/aromatic N) is 1. The van der Waals surface area contributed by atoms with Crippen molar-refractivity contribution >= 4 is 17.5 Å². The molecular formula is C18H15ClN2O2. The molecule has 0 aliphatic carbocycles. The van der Waals surface area contributed by atoms with Crippen LogP contribution in [0.1, 0.15) is 29.0 Å². The lowest BCUT2D eigenvalue weighted by molar-refractivity contribution is 0.0935. The molecule has 1 heterocycles. The van der Waals surface area contributed by atoms with Gasteiger partial charge in [0.05, 0.1) is 6.04 Å². The SMILES string of the molecule is CC(NC(=O)c1ncoc1-c1cccc(Cl)c1)c1ccccc1. The Morgan fingerprint density at radius 2 is 1.96 bits per heavy atom. The zero-order valence-corrected chi connectivity index (χ0v) is 13.2. The van der Waals surface area contributed by atoms with Gasteiger partial charge in [-0.2, -0.15) is 0 Å². The normalized spacial score (nSPS) is 11.9. The Labute approximate surface area is 139 Å². The van der Waals surface area contributed by atoms with Gasteiger partial charge in [-0.1, -0.05) is 54.1 Å². The highest BCUT2D eigenvalue weighted by Crippen LogP contribution is 2.26. The molecule has 0 saturated carbocycles. The molecule has 4 nitrogen and oxygen atoms in total. The lowest BCUT2D eigenvalue weighted by Gasteiger charge is -2.13. The van der Waals surface area contributed by atoms with E-state index in [4.69, 9.17) is 16.0 Å². The van der Waals surface area contributed by atoms with Gasteiger partial charge in [-0.05, 0) is 24.6 Å². The van der Waals surface area contributed by atoms with Gasteiger partial charge < -0.3 is 9.73 Å². The minimum Gasteiger partial charge on any atom is -0.443 e. The molecule has 0 spiro atoms. The molecule has 0 fully saturated rings. The second-order valence-electron chi connectivity index (χ2n) is 5.15. The summed E-state index contributed by atoms with van der Waals surface area (Å²) >= 11 is 6.00. The van der Waals surface area contributed by atoms with E-state index < -0.39 is 0 Å². The van der Waals surface area contributed by atoms with Crippen molar-refractivity contribution in [2.75, 3.05) is 0 Å². The number of carbonyl (C=O) groups is 1. The minimum absolute atomic E-state index is 0.132. The van der Waals surface area contributed by atoms with Crippen LogP contribution in [0.2, 0.25) is 5.02 Å². The first-order valence-corrected chi connectivity index (χ1v) is 7.58. The summed E-state index contributed by atoms with van der Waals surface area (Å²) in [4.78, 5) is 16.5. The molecule has 0 radical (unpaired) electrons. The second-order valence-corrected chi connectivity index (χ2v) is 5.58. The van der Waals surface area contributed by atoms with Crippen LogP contribution >= 0.6 is 11.6 Å². The van der Waals surface area contributed by atoms with Crippen LogP contribution in [0.15, 0.2) is 65.4 Å². The summed E-state index contributed by atoms with van der Waals surface area (Å²) in [6.45, 7) is 1.92. The Morgan fingerprint density at radius 3 is 2.70 bits per heavy atom. The molecule has 116 valence electrons. The molecule has 0 saturated heterocycles. The monoisotopic (exact) mass is 326 g/mol. The molecule has 5 heteroatoms. The first kappa shape index (κ1) is 15.3. The van der Waals surface area contributed by atoms with Gasteiger partial charge in [-0.15, -0.1) is 0 Å². The highest BCUT2D eigenvalue weighted by Gasteiger charge is 2.20. The van der Waals surface area contributed by atoms with Gasteiger partial charge in [0.2, 0.25) is 0 Å². The molecule has 1 amide bonds. The summed E-state index contributed by atoms with van der Waals surface area (Å²) in [6.07, 6.45) is 1.26. The van der Waals surface area contributed by atoms with Gasteiger partial charge in [0.1, 0.15) is 0 Å². The van der Waals surface area contributed by atoms with E-state index in [0.717, 1.165) is 5.56 Å². The van der Waals surface area contributed by atoms with Crippen LogP contribution in [0.25, 0.3) is 11.3 Å². The van der Waals surface area contributed by atoms with Gasteiger partial charge in [0.15, 0.2) is 17.8 Å². The third kappa shape index (κ3) is 3.43. The van der Waals surface area contributed by atoms with Crippen molar-refractivity contribution in [2.24, 2.45) is 0 Å². The Morgan fingerprint density at radius 1 is 1.17 bits per heavy atom. The fourth-order valence-electron chi connectivity index (χ4n) is 2.33. The quantitative estimate of drug-likeness (QED) is 0.768. The van der Waals surface area contributed by atoms with E-state index in [0.29, 0.717) is 16.3 Å². The molecule has 1 aromatic heterocycles. The largest absolute Gasteiger partial charge is 0.443 e. The van der Waals surface area contributed by atoms with E-state index in [1.807, 2.05) is 43.3 Å². The number of halogens is 1. The molecule has 1 atom stereocenters. The van der Waals surface area contributed by atoms with Gasteiger partial charge in [0.25, 0.3) is 5.91 Å². The topological polar surface area (TPSA) is 55.1 Å². The molecule has 0 bridgehead atoms. The second kappa shape index (κ2) is 6.67. The smallest absolute Gasteiger partial charge is 0.274 e. The first-order valence-electron chi connectivity index (χ1n) is 7.20. The minimum atomic E-state index is -0.287. The van der Waals surface area contributed by atoms with Crippen molar-refractivity contribution in [3.05, 3.63) is 77.3 Å². The zero-order valence-electron chi connectivity index (χ0n) is 12.5.